The van der Waals surface area contributed by atoms with Crippen molar-refractivity contribution in [2.75, 3.05) is 23.7 Å². The third kappa shape index (κ3) is 5.24. The number of benzene rings is 1. The molecule has 2 heterocycles. The van der Waals surface area contributed by atoms with E-state index in [1.807, 2.05) is 60.5 Å². The van der Waals surface area contributed by atoms with E-state index in [0.29, 0.717) is 19.5 Å². The number of anilines is 1. The second-order valence-electron chi connectivity index (χ2n) is 6.62. The highest BCUT2D eigenvalue weighted by molar-refractivity contribution is 7.85. The molecular weight excluding hydrogens is 424 g/mol. The first kappa shape index (κ1) is 21.9. The Labute approximate surface area is 181 Å². The number of fused-ring (bicyclic) bond motifs is 1. The van der Waals surface area contributed by atoms with E-state index in [-0.39, 0.29) is 22.6 Å². The number of carbonyl (C=O) groups excluding carboxylic acids is 1. The Bertz CT molecular complexity index is 1070. The molecule has 0 saturated carbocycles. The van der Waals surface area contributed by atoms with E-state index in [0.717, 1.165) is 16.8 Å². The van der Waals surface area contributed by atoms with Gasteiger partial charge < -0.3 is 9.64 Å². The standard InChI is InChI=1S/C21H22N2O5S2/c1-2-23-20(24)19(28-21(23)29)11-6-3-8-16-12-14-22(13-7-15-30(25,26)27)18-10-5-4-9-17(16)18/h3-6,8-12,14H,2,7,13,15H2,1H3,(H,25,26,27). The maximum Gasteiger partial charge on any atom is 0.297 e. The largest absolute Gasteiger partial charge is 0.426 e. The summed E-state index contributed by atoms with van der Waals surface area (Å²) < 4.78 is 36.1. The Morgan fingerprint density at radius 3 is 2.63 bits per heavy atom. The van der Waals surface area contributed by atoms with Crippen LogP contribution in [0.4, 0.5) is 5.69 Å². The van der Waals surface area contributed by atoms with E-state index in [1.54, 1.807) is 12.2 Å². The molecule has 1 aromatic rings. The molecule has 1 fully saturated rings. The number of ether oxygens (including phenoxy) is 1. The molecule has 9 heteroatoms. The molecular formula is C21H22N2O5S2. The first-order valence-corrected chi connectivity index (χ1v) is 11.4. The van der Waals surface area contributed by atoms with Gasteiger partial charge in [-0.1, -0.05) is 36.4 Å². The van der Waals surface area contributed by atoms with Gasteiger partial charge >= 0.3 is 0 Å². The van der Waals surface area contributed by atoms with Gasteiger partial charge in [0.2, 0.25) is 0 Å². The third-order valence-electron chi connectivity index (χ3n) is 4.58. The van der Waals surface area contributed by atoms with Crippen LogP contribution in [-0.2, 0) is 19.6 Å². The lowest BCUT2D eigenvalue weighted by Crippen LogP contribution is -2.27. The maximum absolute atomic E-state index is 12.1. The Morgan fingerprint density at radius 1 is 1.20 bits per heavy atom. The van der Waals surface area contributed by atoms with Crippen LogP contribution in [0.5, 0.6) is 0 Å². The van der Waals surface area contributed by atoms with E-state index >= 15 is 0 Å². The van der Waals surface area contributed by atoms with Gasteiger partial charge in [-0.25, -0.2) is 0 Å². The third-order valence-corrected chi connectivity index (χ3v) is 5.69. The summed E-state index contributed by atoms with van der Waals surface area (Å²) in [5.74, 6) is -0.330. The van der Waals surface area contributed by atoms with E-state index in [4.69, 9.17) is 21.5 Å². The number of hydrogen-bond donors (Lipinski definition) is 1. The SMILES string of the molecule is CCN1C(=O)C(=CC=CC=C2C=CN(CCCS(=O)(=O)O)c3ccccc32)OC1=S. The fourth-order valence-electron chi connectivity index (χ4n) is 3.16. The highest BCUT2D eigenvalue weighted by atomic mass is 32.2. The molecule has 0 radical (unpaired) electrons. The van der Waals surface area contributed by atoms with Crippen molar-refractivity contribution in [2.45, 2.75) is 13.3 Å². The van der Waals surface area contributed by atoms with Crippen LogP contribution in [0.3, 0.4) is 0 Å². The minimum Gasteiger partial charge on any atom is -0.426 e. The van der Waals surface area contributed by atoms with Crippen molar-refractivity contribution in [3.05, 3.63) is 72.2 Å². The predicted octanol–water partition coefficient (Wildman–Crippen LogP) is 3.29. The minimum absolute atomic E-state index is 0.165. The number of rotatable bonds is 7. The average molecular weight is 447 g/mol. The van der Waals surface area contributed by atoms with E-state index < -0.39 is 10.1 Å². The topological polar surface area (TPSA) is 87.2 Å². The monoisotopic (exact) mass is 446 g/mol. The molecule has 2 aliphatic heterocycles. The summed E-state index contributed by atoms with van der Waals surface area (Å²) in [6, 6.07) is 7.78. The molecule has 0 aliphatic carbocycles. The summed E-state index contributed by atoms with van der Waals surface area (Å²) >= 11 is 5.03. The summed E-state index contributed by atoms with van der Waals surface area (Å²) in [4.78, 5) is 15.5. The van der Waals surface area contributed by atoms with Crippen LogP contribution in [0, 0.1) is 0 Å². The minimum atomic E-state index is -3.97. The number of nitrogens with zero attached hydrogens (tertiary/aromatic N) is 2. The number of likely N-dealkylation sites (N-methyl/N-ethyl adjacent to an activating group) is 1. The molecule has 0 spiro atoms. The van der Waals surface area contributed by atoms with Crippen molar-refractivity contribution in [3.63, 3.8) is 0 Å². The van der Waals surface area contributed by atoms with Crippen LogP contribution >= 0.6 is 12.2 Å². The molecule has 30 heavy (non-hydrogen) atoms. The van der Waals surface area contributed by atoms with Gasteiger partial charge in [0.05, 0.1) is 5.75 Å². The summed E-state index contributed by atoms with van der Waals surface area (Å²) in [6.07, 6.45) is 11.2. The zero-order valence-corrected chi connectivity index (χ0v) is 18.0. The van der Waals surface area contributed by atoms with Gasteiger partial charge in [-0.15, -0.1) is 0 Å². The van der Waals surface area contributed by atoms with Crippen LogP contribution in [0.2, 0.25) is 0 Å². The normalized spacial score (nSPS) is 19.3. The maximum atomic E-state index is 12.1. The molecule has 2 aliphatic rings. The molecule has 0 atom stereocenters. The van der Waals surface area contributed by atoms with Crippen LogP contribution in [-0.4, -0.2) is 47.8 Å². The zero-order valence-electron chi connectivity index (χ0n) is 16.4. The lowest BCUT2D eigenvalue weighted by Gasteiger charge is -2.27. The summed E-state index contributed by atoms with van der Waals surface area (Å²) in [5, 5.41) is 0.165. The van der Waals surface area contributed by atoms with Crippen LogP contribution in [0.25, 0.3) is 5.57 Å². The number of para-hydroxylation sites is 1. The van der Waals surface area contributed by atoms with Crippen molar-refractivity contribution in [1.29, 1.82) is 0 Å². The van der Waals surface area contributed by atoms with Crippen molar-refractivity contribution in [1.82, 2.24) is 4.90 Å². The Balaban J connectivity index is 1.73. The van der Waals surface area contributed by atoms with Crippen LogP contribution < -0.4 is 4.90 Å². The fraction of sp³-hybridized carbons (Fsp3) is 0.238. The van der Waals surface area contributed by atoms with E-state index in [1.165, 1.54) is 4.90 Å². The Morgan fingerprint density at radius 2 is 1.93 bits per heavy atom. The number of carbonyl (C=O) groups is 1. The number of amides is 1. The molecule has 1 N–H and O–H groups in total. The fourth-order valence-corrected chi connectivity index (χ4v) is 3.95. The number of allylic oxidation sites excluding steroid dienone is 6. The molecule has 0 bridgehead atoms. The molecule has 1 aromatic carbocycles. The van der Waals surface area contributed by atoms with Crippen LogP contribution in [0.15, 0.2) is 66.6 Å². The predicted molar refractivity (Wildman–Crippen MR) is 120 cm³/mol. The quantitative estimate of drug-likeness (QED) is 0.391. The summed E-state index contributed by atoms with van der Waals surface area (Å²) in [5.41, 5.74) is 2.91. The lowest BCUT2D eigenvalue weighted by atomic mass is 9.99. The molecule has 0 unspecified atom stereocenters. The molecule has 158 valence electrons. The van der Waals surface area contributed by atoms with Crippen molar-refractivity contribution >= 4 is 44.7 Å². The average Bonchev–Trinajstić information content (AvgIpc) is 2.98. The van der Waals surface area contributed by atoms with E-state index in [2.05, 4.69) is 0 Å². The number of thiocarbonyl (C=S) groups is 1. The van der Waals surface area contributed by atoms with Crippen molar-refractivity contribution in [3.8, 4) is 0 Å². The highest BCUT2D eigenvalue weighted by Crippen LogP contribution is 2.32. The molecule has 1 amide bonds. The van der Waals surface area contributed by atoms with Gasteiger partial charge in [0.25, 0.3) is 21.2 Å². The molecule has 3 rings (SSSR count). The zero-order chi connectivity index (χ0) is 21.7. The molecule has 7 nitrogen and oxygen atoms in total. The first-order chi connectivity index (χ1) is 14.3. The summed E-state index contributed by atoms with van der Waals surface area (Å²) in [6.45, 7) is 2.76. The Hall–Kier alpha value is -2.75. The second kappa shape index (κ2) is 9.38. The summed E-state index contributed by atoms with van der Waals surface area (Å²) in [7, 11) is -3.97. The van der Waals surface area contributed by atoms with Gasteiger partial charge in [-0.3, -0.25) is 14.2 Å². The van der Waals surface area contributed by atoms with Crippen molar-refractivity contribution in [2.24, 2.45) is 0 Å². The van der Waals surface area contributed by atoms with Gasteiger partial charge in [-0.05, 0) is 49.4 Å². The smallest absolute Gasteiger partial charge is 0.297 e. The molecule has 1 saturated heterocycles. The van der Waals surface area contributed by atoms with E-state index in [9.17, 15) is 13.2 Å². The van der Waals surface area contributed by atoms with Gasteiger partial charge in [0.15, 0.2) is 5.76 Å². The Kier molecular flexibility index (Phi) is 6.86. The van der Waals surface area contributed by atoms with Crippen LogP contribution in [0.1, 0.15) is 18.9 Å². The van der Waals surface area contributed by atoms with Crippen molar-refractivity contribution < 1.29 is 22.5 Å². The van der Waals surface area contributed by atoms with Gasteiger partial charge in [0, 0.05) is 30.5 Å². The number of hydrogen-bond acceptors (Lipinski definition) is 6. The van der Waals surface area contributed by atoms with Gasteiger partial charge in [0.1, 0.15) is 0 Å². The van der Waals surface area contributed by atoms with Gasteiger partial charge in [-0.2, -0.15) is 8.42 Å². The second-order valence-corrected chi connectivity index (χ2v) is 8.54. The first-order valence-electron chi connectivity index (χ1n) is 9.42. The molecule has 0 aromatic heterocycles. The highest BCUT2D eigenvalue weighted by Gasteiger charge is 2.31. The lowest BCUT2D eigenvalue weighted by molar-refractivity contribution is -0.122.